The number of aliphatic hydroxyl groups is 1. The molecule has 13 heavy (non-hydrogen) atoms. The summed E-state index contributed by atoms with van der Waals surface area (Å²) in [5.41, 5.74) is 0.339. The average molecular weight is 187 g/mol. The fraction of sp³-hybridized carbons (Fsp3) is 1.00. The summed E-state index contributed by atoms with van der Waals surface area (Å²) in [6, 6.07) is 0. The van der Waals surface area contributed by atoms with Crippen LogP contribution in [0.2, 0.25) is 0 Å². The third-order valence-corrected chi connectivity index (χ3v) is 2.03. The molecule has 0 fully saturated rings. The van der Waals surface area contributed by atoms with E-state index in [0.717, 1.165) is 32.4 Å². The Balaban J connectivity index is 3.35. The number of hydrogen-bond donors (Lipinski definition) is 2. The van der Waals surface area contributed by atoms with Crippen LogP contribution in [-0.4, -0.2) is 24.3 Å². The van der Waals surface area contributed by atoms with Gasteiger partial charge in [-0.1, -0.05) is 27.7 Å². The normalized spacial score (nSPS) is 14.5. The summed E-state index contributed by atoms with van der Waals surface area (Å²) in [5, 5.41) is 12.8. The van der Waals surface area contributed by atoms with E-state index in [0.29, 0.717) is 5.41 Å². The Morgan fingerprint density at radius 1 is 1.31 bits per heavy atom. The Labute approximate surface area is 82.7 Å². The predicted octanol–water partition coefficient (Wildman–Crippen LogP) is 2.17. The lowest BCUT2D eigenvalue weighted by Gasteiger charge is -2.20. The van der Waals surface area contributed by atoms with E-state index in [1.54, 1.807) is 0 Å². The second-order valence-corrected chi connectivity index (χ2v) is 4.96. The van der Waals surface area contributed by atoms with E-state index in [1.807, 2.05) is 0 Å². The summed E-state index contributed by atoms with van der Waals surface area (Å²) in [6.45, 7) is 10.5. The van der Waals surface area contributed by atoms with Gasteiger partial charge in [-0.3, -0.25) is 0 Å². The minimum atomic E-state index is -0.175. The van der Waals surface area contributed by atoms with Gasteiger partial charge in [-0.15, -0.1) is 0 Å². The van der Waals surface area contributed by atoms with Gasteiger partial charge in [-0.25, -0.2) is 0 Å². The van der Waals surface area contributed by atoms with Crippen LogP contribution in [0.25, 0.3) is 0 Å². The van der Waals surface area contributed by atoms with Crippen molar-refractivity contribution in [2.45, 2.75) is 53.1 Å². The van der Waals surface area contributed by atoms with E-state index in [1.165, 1.54) is 0 Å². The van der Waals surface area contributed by atoms with Gasteiger partial charge in [0.15, 0.2) is 0 Å². The molecular formula is C11H25NO. The molecule has 0 radical (unpaired) electrons. The quantitative estimate of drug-likeness (QED) is 0.625. The molecule has 0 amide bonds. The molecule has 0 bridgehead atoms. The maximum atomic E-state index is 9.58. The molecule has 0 saturated carbocycles. The van der Waals surface area contributed by atoms with Crippen molar-refractivity contribution in [1.82, 2.24) is 5.32 Å². The molecule has 0 aliphatic carbocycles. The summed E-state index contributed by atoms with van der Waals surface area (Å²) in [6.07, 6.45) is 2.94. The molecule has 80 valence electrons. The summed E-state index contributed by atoms with van der Waals surface area (Å²) < 4.78 is 0. The summed E-state index contributed by atoms with van der Waals surface area (Å²) in [5.74, 6) is 0. The molecule has 0 aromatic carbocycles. The molecule has 0 saturated heterocycles. The Kier molecular flexibility index (Phi) is 6.35. The molecule has 1 unspecified atom stereocenters. The van der Waals surface area contributed by atoms with Gasteiger partial charge >= 0.3 is 0 Å². The fourth-order valence-electron chi connectivity index (χ4n) is 1.15. The number of nitrogens with one attached hydrogen (secondary N) is 1. The maximum absolute atomic E-state index is 9.58. The molecule has 2 nitrogen and oxygen atoms in total. The summed E-state index contributed by atoms with van der Waals surface area (Å²) >= 11 is 0. The van der Waals surface area contributed by atoms with Crippen molar-refractivity contribution >= 4 is 0 Å². The van der Waals surface area contributed by atoms with Crippen LogP contribution in [-0.2, 0) is 0 Å². The van der Waals surface area contributed by atoms with Gasteiger partial charge in [-0.2, -0.15) is 0 Å². The number of hydrogen-bond acceptors (Lipinski definition) is 2. The highest BCUT2D eigenvalue weighted by Gasteiger charge is 2.12. The third-order valence-electron chi connectivity index (χ3n) is 2.03. The van der Waals surface area contributed by atoms with Gasteiger partial charge in [0.1, 0.15) is 0 Å². The molecule has 1 atom stereocenters. The first kappa shape index (κ1) is 12.9. The van der Waals surface area contributed by atoms with Crippen molar-refractivity contribution in [3.63, 3.8) is 0 Å². The Hall–Kier alpha value is -0.0800. The number of rotatable bonds is 6. The molecule has 0 aliphatic heterocycles. The highest BCUT2D eigenvalue weighted by Crippen LogP contribution is 2.21. The first-order chi connectivity index (χ1) is 5.95. The van der Waals surface area contributed by atoms with Gasteiger partial charge in [-0.05, 0) is 31.2 Å². The van der Waals surface area contributed by atoms with Gasteiger partial charge in [0.2, 0.25) is 0 Å². The Morgan fingerprint density at radius 2 is 1.92 bits per heavy atom. The van der Waals surface area contributed by atoms with Crippen molar-refractivity contribution in [1.29, 1.82) is 0 Å². The smallest absolute Gasteiger partial charge is 0.0664 e. The second-order valence-electron chi connectivity index (χ2n) is 4.96. The van der Waals surface area contributed by atoms with Crippen LogP contribution in [0, 0.1) is 5.41 Å². The van der Waals surface area contributed by atoms with E-state index in [4.69, 9.17) is 0 Å². The SMILES string of the molecule is CCCNCC(O)CCC(C)(C)C. The summed E-state index contributed by atoms with van der Waals surface area (Å²) in [7, 11) is 0. The van der Waals surface area contributed by atoms with Crippen molar-refractivity contribution in [3.05, 3.63) is 0 Å². The van der Waals surface area contributed by atoms with Crippen LogP contribution in [0.15, 0.2) is 0 Å². The molecular weight excluding hydrogens is 162 g/mol. The fourth-order valence-corrected chi connectivity index (χ4v) is 1.15. The largest absolute Gasteiger partial charge is 0.392 e. The molecule has 0 rings (SSSR count). The van der Waals surface area contributed by atoms with Crippen LogP contribution in [0.1, 0.15) is 47.0 Å². The van der Waals surface area contributed by atoms with E-state index < -0.39 is 0 Å². The first-order valence-electron chi connectivity index (χ1n) is 5.34. The molecule has 2 N–H and O–H groups in total. The first-order valence-corrected chi connectivity index (χ1v) is 5.34. The lowest BCUT2D eigenvalue weighted by Crippen LogP contribution is -2.28. The standard InChI is InChI=1S/C11H25NO/c1-5-8-12-9-10(13)6-7-11(2,3)4/h10,12-13H,5-9H2,1-4H3. The Bertz CT molecular complexity index is 118. The average Bonchev–Trinajstić information content (AvgIpc) is 2.00. The van der Waals surface area contributed by atoms with Crippen molar-refractivity contribution in [3.8, 4) is 0 Å². The zero-order chi connectivity index (χ0) is 10.3. The molecule has 0 aromatic rings. The highest BCUT2D eigenvalue weighted by atomic mass is 16.3. The van der Waals surface area contributed by atoms with Crippen molar-refractivity contribution in [2.75, 3.05) is 13.1 Å². The summed E-state index contributed by atoms with van der Waals surface area (Å²) in [4.78, 5) is 0. The topological polar surface area (TPSA) is 32.3 Å². The van der Waals surface area contributed by atoms with Gasteiger partial charge in [0, 0.05) is 6.54 Å². The minimum Gasteiger partial charge on any atom is -0.392 e. The zero-order valence-electron chi connectivity index (χ0n) is 9.56. The monoisotopic (exact) mass is 187 g/mol. The lowest BCUT2D eigenvalue weighted by atomic mass is 9.89. The van der Waals surface area contributed by atoms with Crippen LogP contribution >= 0.6 is 0 Å². The molecule has 0 aliphatic rings. The molecule has 0 heterocycles. The van der Waals surface area contributed by atoms with Gasteiger partial charge in [0.05, 0.1) is 6.10 Å². The van der Waals surface area contributed by atoms with E-state index in [-0.39, 0.29) is 6.10 Å². The second kappa shape index (κ2) is 6.39. The molecule has 0 aromatic heterocycles. The minimum absolute atomic E-state index is 0.175. The highest BCUT2D eigenvalue weighted by molar-refractivity contribution is 4.66. The van der Waals surface area contributed by atoms with Crippen LogP contribution in [0.4, 0.5) is 0 Å². The van der Waals surface area contributed by atoms with Crippen molar-refractivity contribution < 1.29 is 5.11 Å². The van der Waals surface area contributed by atoms with E-state index in [2.05, 4.69) is 33.0 Å². The van der Waals surface area contributed by atoms with Crippen molar-refractivity contribution in [2.24, 2.45) is 5.41 Å². The van der Waals surface area contributed by atoms with E-state index in [9.17, 15) is 5.11 Å². The maximum Gasteiger partial charge on any atom is 0.0664 e. The van der Waals surface area contributed by atoms with Crippen LogP contribution in [0.5, 0.6) is 0 Å². The van der Waals surface area contributed by atoms with E-state index >= 15 is 0 Å². The van der Waals surface area contributed by atoms with Gasteiger partial charge in [0.25, 0.3) is 0 Å². The zero-order valence-corrected chi connectivity index (χ0v) is 9.56. The van der Waals surface area contributed by atoms with Crippen LogP contribution < -0.4 is 5.32 Å². The molecule has 0 spiro atoms. The Morgan fingerprint density at radius 3 is 2.38 bits per heavy atom. The number of aliphatic hydroxyl groups excluding tert-OH is 1. The third kappa shape index (κ3) is 9.84. The van der Waals surface area contributed by atoms with Gasteiger partial charge < -0.3 is 10.4 Å². The lowest BCUT2D eigenvalue weighted by molar-refractivity contribution is 0.143. The molecule has 2 heteroatoms. The van der Waals surface area contributed by atoms with Crippen LogP contribution in [0.3, 0.4) is 0 Å². The predicted molar refractivity (Wildman–Crippen MR) is 57.9 cm³/mol.